The highest BCUT2D eigenvalue weighted by molar-refractivity contribution is 5.43. The lowest BCUT2D eigenvalue weighted by molar-refractivity contribution is 0.322. The Bertz CT molecular complexity index is 722. The topological polar surface area (TPSA) is 50.7 Å². The van der Waals surface area contributed by atoms with Crippen LogP contribution in [-0.4, -0.2) is 55.3 Å². The van der Waals surface area contributed by atoms with E-state index in [0.29, 0.717) is 6.04 Å². The molecule has 0 radical (unpaired) electrons. The maximum absolute atomic E-state index is 5.40. The molecule has 0 bridgehead atoms. The van der Waals surface area contributed by atoms with Gasteiger partial charge in [0.25, 0.3) is 0 Å². The number of ether oxygens (including phenoxy) is 2. The molecule has 6 heteroatoms. The van der Waals surface area contributed by atoms with Gasteiger partial charge in [-0.25, -0.2) is 9.97 Å². The average molecular weight is 342 g/mol. The number of methoxy groups -OCH3 is 2. The molecule has 3 rings (SSSR count). The van der Waals surface area contributed by atoms with Crippen molar-refractivity contribution in [3.63, 3.8) is 0 Å². The number of hydrogen-bond acceptors (Lipinski definition) is 6. The molecule has 1 aromatic heterocycles. The van der Waals surface area contributed by atoms with E-state index in [1.165, 1.54) is 5.56 Å². The van der Waals surface area contributed by atoms with E-state index in [9.17, 15) is 0 Å². The largest absolute Gasteiger partial charge is 0.493 e. The lowest BCUT2D eigenvalue weighted by Gasteiger charge is -2.26. The van der Waals surface area contributed by atoms with Crippen LogP contribution in [0.25, 0.3) is 0 Å². The van der Waals surface area contributed by atoms with Crippen LogP contribution in [0.4, 0.5) is 5.82 Å². The Morgan fingerprint density at radius 2 is 1.96 bits per heavy atom. The van der Waals surface area contributed by atoms with E-state index in [2.05, 4.69) is 38.9 Å². The Morgan fingerprint density at radius 1 is 1.16 bits per heavy atom. The van der Waals surface area contributed by atoms with Gasteiger partial charge in [0.15, 0.2) is 11.5 Å². The monoisotopic (exact) mass is 342 g/mol. The molecule has 0 N–H and O–H groups in total. The number of anilines is 1. The molecule has 2 aromatic rings. The van der Waals surface area contributed by atoms with Crippen molar-refractivity contribution in [1.29, 1.82) is 0 Å². The van der Waals surface area contributed by atoms with E-state index in [0.717, 1.165) is 49.1 Å². The minimum absolute atomic E-state index is 0.467. The summed E-state index contributed by atoms with van der Waals surface area (Å²) in [4.78, 5) is 13.3. The van der Waals surface area contributed by atoms with Gasteiger partial charge in [-0.15, -0.1) is 0 Å². The number of benzene rings is 1. The molecule has 0 amide bonds. The SMILES string of the molecule is COc1ccc(CN2CCC(N(C)c3cc(C)ncn3)C2)cc1OC. The first-order valence-corrected chi connectivity index (χ1v) is 8.55. The fourth-order valence-electron chi connectivity index (χ4n) is 3.33. The molecule has 1 fully saturated rings. The van der Waals surface area contributed by atoms with E-state index < -0.39 is 0 Å². The van der Waals surface area contributed by atoms with E-state index in [-0.39, 0.29) is 0 Å². The van der Waals surface area contributed by atoms with Gasteiger partial charge in [0, 0.05) is 44.5 Å². The van der Waals surface area contributed by atoms with Gasteiger partial charge in [0.05, 0.1) is 14.2 Å². The number of rotatable bonds is 6. The minimum Gasteiger partial charge on any atom is -0.493 e. The van der Waals surface area contributed by atoms with Crippen LogP contribution in [0.2, 0.25) is 0 Å². The maximum Gasteiger partial charge on any atom is 0.161 e. The number of likely N-dealkylation sites (tertiary alicyclic amines) is 1. The second kappa shape index (κ2) is 7.70. The molecule has 6 nitrogen and oxygen atoms in total. The third-order valence-corrected chi connectivity index (χ3v) is 4.80. The van der Waals surface area contributed by atoms with Gasteiger partial charge >= 0.3 is 0 Å². The van der Waals surface area contributed by atoms with Crippen LogP contribution >= 0.6 is 0 Å². The van der Waals surface area contributed by atoms with Gasteiger partial charge in [0.2, 0.25) is 0 Å². The molecule has 2 heterocycles. The highest BCUT2D eigenvalue weighted by atomic mass is 16.5. The van der Waals surface area contributed by atoms with E-state index in [4.69, 9.17) is 9.47 Å². The van der Waals surface area contributed by atoms with Crippen LogP contribution in [-0.2, 0) is 6.54 Å². The van der Waals surface area contributed by atoms with Crippen LogP contribution in [0, 0.1) is 6.92 Å². The molecular formula is C19H26N4O2. The second-order valence-electron chi connectivity index (χ2n) is 6.50. The molecule has 1 saturated heterocycles. The van der Waals surface area contributed by atoms with Crippen molar-refractivity contribution in [2.24, 2.45) is 0 Å². The Labute approximate surface area is 149 Å². The second-order valence-corrected chi connectivity index (χ2v) is 6.50. The summed E-state index contributed by atoms with van der Waals surface area (Å²) in [5.74, 6) is 2.54. The van der Waals surface area contributed by atoms with Gasteiger partial charge in [-0.05, 0) is 31.0 Å². The lowest BCUT2D eigenvalue weighted by atomic mass is 10.2. The van der Waals surface area contributed by atoms with Gasteiger partial charge in [0.1, 0.15) is 12.1 Å². The summed E-state index contributed by atoms with van der Waals surface area (Å²) >= 11 is 0. The highest BCUT2D eigenvalue weighted by Gasteiger charge is 2.26. The van der Waals surface area contributed by atoms with Crippen molar-refractivity contribution in [3.05, 3.63) is 41.9 Å². The Morgan fingerprint density at radius 3 is 2.68 bits per heavy atom. The molecule has 0 spiro atoms. The summed E-state index contributed by atoms with van der Waals surface area (Å²) in [6.07, 6.45) is 2.77. The summed E-state index contributed by atoms with van der Waals surface area (Å²) in [5, 5.41) is 0. The molecule has 1 atom stereocenters. The standard InChI is InChI=1S/C19H26N4O2/c1-14-9-19(21-13-20-14)22(2)16-7-8-23(12-16)11-15-5-6-17(24-3)18(10-15)25-4/h5-6,9-10,13,16H,7-8,11-12H2,1-4H3. The lowest BCUT2D eigenvalue weighted by Crippen LogP contribution is -2.35. The zero-order chi connectivity index (χ0) is 17.8. The third-order valence-electron chi connectivity index (χ3n) is 4.80. The van der Waals surface area contributed by atoms with Crippen molar-refractivity contribution in [3.8, 4) is 11.5 Å². The molecule has 1 aliphatic heterocycles. The van der Waals surface area contributed by atoms with Crippen LogP contribution < -0.4 is 14.4 Å². The minimum atomic E-state index is 0.467. The number of hydrogen-bond donors (Lipinski definition) is 0. The molecule has 134 valence electrons. The molecule has 25 heavy (non-hydrogen) atoms. The summed E-state index contributed by atoms with van der Waals surface area (Å²) in [5.41, 5.74) is 2.23. The predicted octanol–water partition coefficient (Wildman–Crippen LogP) is 2.51. The number of aryl methyl sites for hydroxylation is 1. The quantitative estimate of drug-likeness (QED) is 0.804. The molecule has 1 aliphatic rings. The molecule has 1 aromatic carbocycles. The fraction of sp³-hybridized carbons (Fsp3) is 0.474. The van der Waals surface area contributed by atoms with Crippen LogP contribution in [0.15, 0.2) is 30.6 Å². The van der Waals surface area contributed by atoms with Crippen LogP contribution in [0.1, 0.15) is 17.7 Å². The fourth-order valence-corrected chi connectivity index (χ4v) is 3.33. The van der Waals surface area contributed by atoms with Crippen molar-refractivity contribution in [2.45, 2.75) is 25.9 Å². The molecule has 1 unspecified atom stereocenters. The van der Waals surface area contributed by atoms with Gasteiger partial charge < -0.3 is 14.4 Å². The Hall–Kier alpha value is -2.34. The Kier molecular flexibility index (Phi) is 5.38. The Balaban J connectivity index is 1.63. The molecule has 0 saturated carbocycles. The van der Waals surface area contributed by atoms with Gasteiger partial charge in [-0.1, -0.05) is 6.07 Å². The number of nitrogens with zero attached hydrogens (tertiary/aromatic N) is 4. The first-order valence-electron chi connectivity index (χ1n) is 8.55. The predicted molar refractivity (Wildman–Crippen MR) is 98.4 cm³/mol. The van der Waals surface area contributed by atoms with Gasteiger partial charge in [-0.2, -0.15) is 0 Å². The van der Waals surface area contributed by atoms with Crippen molar-refractivity contribution >= 4 is 5.82 Å². The first kappa shape index (κ1) is 17.5. The van der Waals surface area contributed by atoms with E-state index in [1.54, 1.807) is 20.5 Å². The van der Waals surface area contributed by atoms with Crippen molar-refractivity contribution in [1.82, 2.24) is 14.9 Å². The highest BCUT2D eigenvalue weighted by Crippen LogP contribution is 2.29. The van der Waals surface area contributed by atoms with Crippen molar-refractivity contribution < 1.29 is 9.47 Å². The summed E-state index contributed by atoms with van der Waals surface area (Å²) in [6.45, 7) is 5.01. The van der Waals surface area contributed by atoms with Crippen molar-refractivity contribution in [2.75, 3.05) is 39.3 Å². The van der Waals surface area contributed by atoms with E-state index in [1.807, 2.05) is 19.1 Å². The summed E-state index contributed by atoms with van der Waals surface area (Å²) in [6, 6.07) is 8.64. The van der Waals surface area contributed by atoms with Crippen LogP contribution in [0.5, 0.6) is 11.5 Å². The number of likely N-dealkylation sites (N-methyl/N-ethyl adjacent to an activating group) is 1. The third kappa shape index (κ3) is 4.02. The average Bonchev–Trinajstić information content (AvgIpc) is 3.09. The van der Waals surface area contributed by atoms with Crippen LogP contribution in [0.3, 0.4) is 0 Å². The zero-order valence-electron chi connectivity index (χ0n) is 15.4. The van der Waals surface area contributed by atoms with E-state index >= 15 is 0 Å². The maximum atomic E-state index is 5.40. The number of aromatic nitrogens is 2. The zero-order valence-corrected chi connectivity index (χ0v) is 15.4. The molecular weight excluding hydrogens is 316 g/mol. The van der Waals surface area contributed by atoms with Gasteiger partial charge in [-0.3, -0.25) is 4.90 Å². The molecule has 0 aliphatic carbocycles. The summed E-state index contributed by atoms with van der Waals surface area (Å²) in [7, 11) is 5.45. The normalized spacial score (nSPS) is 17.5. The smallest absolute Gasteiger partial charge is 0.161 e. The first-order chi connectivity index (χ1) is 12.1. The summed E-state index contributed by atoms with van der Waals surface area (Å²) < 4.78 is 10.7.